The van der Waals surface area contributed by atoms with E-state index in [-0.39, 0.29) is 0 Å². The van der Waals surface area contributed by atoms with Crippen LogP contribution >= 0.6 is 0 Å². The molecule has 3 rings (SSSR count). The molecule has 4 N–H and O–H groups in total. The van der Waals surface area contributed by atoms with Crippen LogP contribution in [0.5, 0.6) is 0 Å². The van der Waals surface area contributed by atoms with E-state index in [2.05, 4.69) is 38.0 Å². The van der Waals surface area contributed by atoms with Crippen molar-refractivity contribution in [1.82, 2.24) is 24.6 Å². The van der Waals surface area contributed by atoms with Crippen molar-refractivity contribution in [2.45, 2.75) is 45.6 Å². The molecule has 0 aromatic carbocycles. The lowest BCUT2D eigenvalue weighted by Gasteiger charge is -2.15. The Hall–Kier alpha value is -3.51. The van der Waals surface area contributed by atoms with Gasteiger partial charge in [-0.2, -0.15) is 10.4 Å². The molecule has 9 heteroatoms. The number of nitrogens with zero attached hydrogens (tertiary/aromatic N) is 7. The first-order valence-corrected chi connectivity index (χ1v) is 11.0. The minimum absolute atomic E-state index is 0.366. The second kappa shape index (κ2) is 11.8. The van der Waals surface area contributed by atoms with Crippen LogP contribution in [0.1, 0.15) is 43.1 Å². The van der Waals surface area contributed by atoms with Crippen LogP contribution in [-0.2, 0) is 19.4 Å². The van der Waals surface area contributed by atoms with Crippen molar-refractivity contribution in [3.63, 3.8) is 0 Å². The van der Waals surface area contributed by atoms with Crippen LogP contribution in [0, 0.1) is 11.3 Å². The zero-order chi connectivity index (χ0) is 22.8. The van der Waals surface area contributed by atoms with Gasteiger partial charge in [0, 0.05) is 23.9 Å². The fourth-order valence-corrected chi connectivity index (χ4v) is 3.82. The van der Waals surface area contributed by atoms with Crippen molar-refractivity contribution < 1.29 is 0 Å². The van der Waals surface area contributed by atoms with Gasteiger partial charge in [0.05, 0.1) is 30.4 Å². The first kappa shape index (κ1) is 23.2. The molecule has 0 radical (unpaired) electrons. The summed E-state index contributed by atoms with van der Waals surface area (Å²) in [7, 11) is 0. The van der Waals surface area contributed by atoms with Crippen LogP contribution in [0.15, 0.2) is 47.5 Å². The standard InChI is InChI=1S/C23H31N9/c1-2-6-20-21(13-19-8-10-29-32(19)15-18(14-25)7-5-9-24)27-17-28-23(20)30-22(26)16-31-11-3-4-12-31/h5,7-10,17H,2-4,6,11-13,15-16,24H2,1H3,(H2,26,27,28,30)/b9-5-,18-7-. The second-order valence-electron chi connectivity index (χ2n) is 7.80. The van der Waals surface area contributed by atoms with Gasteiger partial charge >= 0.3 is 0 Å². The number of hydrogen-bond donors (Lipinski definition) is 2. The number of likely N-dealkylation sites (tertiary alicyclic amines) is 1. The maximum Gasteiger partial charge on any atom is 0.160 e. The molecule has 32 heavy (non-hydrogen) atoms. The molecule has 2 aromatic rings. The number of rotatable bonds is 10. The van der Waals surface area contributed by atoms with Crippen molar-refractivity contribution in [2.75, 3.05) is 19.6 Å². The second-order valence-corrected chi connectivity index (χ2v) is 7.80. The number of nitrogens with two attached hydrogens (primary N) is 2. The van der Waals surface area contributed by atoms with Gasteiger partial charge in [0.1, 0.15) is 12.2 Å². The molecule has 0 spiro atoms. The molecule has 1 saturated heterocycles. The molecular formula is C23H31N9. The Bertz CT molecular complexity index is 1020. The zero-order valence-corrected chi connectivity index (χ0v) is 18.6. The smallest absolute Gasteiger partial charge is 0.160 e. The Kier molecular flexibility index (Phi) is 8.52. The van der Waals surface area contributed by atoms with Crippen molar-refractivity contribution in [2.24, 2.45) is 16.5 Å². The molecule has 2 aromatic heterocycles. The van der Waals surface area contributed by atoms with E-state index < -0.39 is 0 Å². The van der Waals surface area contributed by atoms with E-state index in [4.69, 9.17) is 11.5 Å². The third kappa shape index (κ3) is 6.25. The molecule has 0 aliphatic carbocycles. The monoisotopic (exact) mass is 433 g/mol. The fraction of sp³-hybridized carbons (Fsp3) is 0.435. The molecule has 0 atom stereocenters. The molecule has 168 valence electrons. The summed E-state index contributed by atoms with van der Waals surface area (Å²) < 4.78 is 1.81. The van der Waals surface area contributed by atoms with Gasteiger partial charge < -0.3 is 11.5 Å². The normalized spacial score (nSPS) is 15.5. The molecule has 1 aliphatic heterocycles. The van der Waals surface area contributed by atoms with Crippen molar-refractivity contribution in [3.8, 4) is 6.07 Å². The van der Waals surface area contributed by atoms with Crippen LogP contribution in [0.3, 0.4) is 0 Å². The lowest BCUT2D eigenvalue weighted by atomic mass is 10.1. The average Bonchev–Trinajstić information content (AvgIpc) is 3.45. The number of hydrogen-bond acceptors (Lipinski definition) is 7. The molecule has 9 nitrogen and oxygen atoms in total. The Morgan fingerprint density at radius 2 is 2.09 bits per heavy atom. The van der Waals surface area contributed by atoms with E-state index in [9.17, 15) is 5.26 Å². The van der Waals surface area contributed by atoms with Crippen LogP contribution in [-0.4, -0.2) is 50.1 Å². The third-order valence-corrected chi connectivity index (χ3v) is 5.37. The first-order chi connectivity index (χ1) is 15.6. The van der Waals surface area contributed by atoms with Crippen LogP contribution < -0.4 is 11.5 Å². The summed E-state index contributed by atoms with van der Waals surface area (Å²) in [5, 5.41) is 13.8. The summed E-state index contributed by atoms with van der Waals surface area (Å²) in [6.07, 6.45) is 12.8. The molecule has 0 saturated carbocycles. The average molecular weight is 434 g/mol. The Morgan fingerprint density at radius 1 is 1.28 bits per heavy atom. The van der Waals surface area contributed by atoms with E-state index in [1.807, 2.05) is 10.7 Å². The van der Waals surface area contributed by atoms with Gasteiger partial charge in [-0.3, -0.25) is 9.58 Å². The highest BCUT2D eigenvalue weighted by Crippen LogP contribution is 2.23. The highest BCUT2D eigenvalue weighted by molar-refractivity contribution is 5.85. The summed E-state index contributed by atoms with van der Waals surface area (Å²) in [5.74, 6) is 1.22. The highest BCUT2D eigenvalue weighted by Gasteiger charge is 2.16. The van der Waals surface area contributed by atoms with Crippen molar-refractivity contribution >= 4 is 11.7 Å². The van der Waals surface area contributed by atoms with E-state index in [1.165, 1.54) is 19.0 Å². The molecule has 0 bridgehead atoms. The summed E-state index contributed by atoms with van der Waals surface area (Å²) in [5.41, 5.74) is 15.1. The zero-order valence-electron chi connectivity index (χ0n) is 18.6. The lowest BCUT2D eigenvalue weighted by molar-refractivity contribution is 0.387. The number of amidine groups is 1. The summed E-state index contributed by atoms with van der Waals surface area (Å²) in [6, 6.07) is 4.13. The minimum atomic E-state index is 0.366. The molecule has 0 amide bonds. The van der Waals surface area contributed by atoms with Gasteiger partial charge in [-0.25, -0.2) is 15.0 Å². The number of nitriles is 1. The molecule has 1 aliphatic rings. The molecule has 3 heterocycles. The maximum atomic E-state index is 9.38. The van der Waals surface area contributed by atoms with Crippen molar-refractivity contribution in [1.29, 1.82) is 5.26 Å². The predicted octanol–water partition coefficient (Wildman–Crippen LogP) is 2.22. The van der Waals surface area contributed by atoms with Crippen LogP contribution in [0.2, 0.25) is 0 Å². The number of aliphatic imine (C=N–C) groups is 1. The van der Waals surface area contributed by atoms with Gasteiger partial charge in [-0.15, -0.1) is 0 Å². The first-order valence-electron chi connectivity index (χ1n) is 11.0. The van der Waals surface area contributed by atoms with Crippen LogP contribution in [0.25, 0.3) is 0 Å². The molecule has 0 unspecified atom stereocenters. The summed E-state index contributed by atoms with van der Waals surface area (Å²) in [6.45, 7) is 5.29. The van der Waals surface area contributed by atoms with Gasteiger partial charge in [0.25, 0.3) is 0 Å². The topological polar surface area (TPSA) is 135 Å². The van der Waals surface area contributed by atoms with Crippen molar-refractivity contribution in [3.05, 3.63) is 59.5 Å². The van der Waals surface area contributed by atoms with E-state index in [0.29, 0.717) is 36.7 Å². The van der Waals surface area contributed by atoms with E-state index in [0.717, 1.165) is 42.9 Å². The number of allylic oxidation sites excluding steroid dienone is 3. The molecular weight excluding hydrogens is 402 g/mol. The third-order valence-electron chi connectivity index (χ3n) is 5.37. The minimum Gasteiger partial charge on any atom is -0.405 e. The van der Waals surface area contributed by atoms with Gasteiger partial charge in [-0.05, 0) is 56.8 Å². The Balaban J connectivity index is 1.84. The Labute approximate surface area is 189 Å². The SMILES string of the molecule is CCCc1c(Cc2ccnn2C/C(C#N)=C\C=C/N)ncnc1N=C(N)CN1CCCC1. The summed E-state index contributed by atoms with van der Waals surface area (Å²) in [4.78, 5) is 16.0. The van der Waals surface area contributed by atoms with E-state index in [1.54, 1.807) is 24.7 Å². The van der Waals surface area contributed by atoms with E-state index >= 15 is 0 Å². The quantitative estimate of drug-likeness (QED) is 0.254. The maximum absolute atomic E-state index is 9.38. The van der Waals surface area contributed by atoms with Gasteiger partial charge in [-0.1, -0.05) is 13.3 Å². The largest absolute Gasteiger partial charge is 0.405 e. The highest BCUT2D eigenvalue weighted by atomic mass is 15.3. The Morgan fingerprint density at radius 3 is 2.81 bits per heavy atom. The lowest BCUT2D eigenvalue weighted by Crippen LogP contribution is -2.31. The van der Waals surface area contributed by atoms with Crippen LogP contribution in [0.4, 0.5) is 5.82 Å². The van der Waals surface area contributed by atoms with Gasteiger partial charge in [0.2, 0.25) is 0 Å². The number of aromatic nitrogens is 4. The summed E-state index contributed by atoms with van der Waals surface area (Å²) >= 11 is 0. The fourth-order valence-electron chi connectivity index (χ4n) is 3.82. The van der Waals surface area contributed by atoms with Gasteiger partial charge in [0.15, 0.2) is 5.82 Å². The molecule has 1 fully saturated rings. The predicted molar refractivity (Wildman–Crippen MR) is 125 cm³/mol.